The van der Waals surface area contributed by atoms with E-state index < -0.39 is 0 Å². The second kappa shape index (κ2) is 4.08. The number of hydrogen-bond acceptors (Lipinski definition) is 3. The Bertz CT molecular complexity index is 555. The molecule has 1 aliphatic carbocycles. The summed E-state index contributed by atoms with van der Waals surface area (Å²) < 4.78 is 0. The van der Waals surface area contributed by atoms with Gasteiger partial charge in [-0.25, -0.2) is 0 Å². The lowest BCUT2D eigenvalue weighted by molar-refractivity contribution is 1.01. The van der Waals surface area contributed by atoms with Gasteiger partial charge in [0.2, 0.25) is 0 Å². The molecule has 1 aromatic carbocycles. The van der Waals surface area contributed by atoms with Gasteiger partial charge in [0.1, 0.15) is 0 Å². The molecule has 0 aromatic heterocycles. The van der Waals surface area contributed by atoms with Crippen molar-refractivity contribution >= 4 is 23.2 Å². The number of nitrogens with two attached hydrogens (primary N) is 1. The Labute approximate surface area is 105 Å². The molecule has 0 saturated heterocycles. The molecule has 2 aliphatic rings. The lowest BCUT2D eigenvalue weighted by atomic mass is 9.93. The summed E-state index contributed by atoms with van der Waals surface area (Å²) in [6, 6.07) is 6.10. The van der Waals surface area contributed by atoms with E-state index in [1.54, 1.807) is 0 Å². The molecule has 3 rings (SSSR count). The molecule has 0 radical (unpaired) electrons. The SMILES string of the molecule is C/N=C1/C2=CC=CCC2Sc2cccc(N)c21. The molecule has 0 fully saturated rings. The molecule has 17 heavy (non-hydrogen) atoms. The molecule has 2 nitrogen and oxygen atoms in total. The van der Waals surface area contributed by atoms with E-state index in [1.807, 2.05) is 30.9 Å². The third kappa shape index (κ3) is 1.62. The fourth-order valence-corrected chi connectivity index (χ4v) is 3.71. The molecule has 1 heterocycles. The van der Waals surface area contributed by atoms with Crippen LogP contribution in [0.25, 0.3) is 0 Å². The molecule has 1 unspecified atom stereocenters. The van der Waals surface area contributed by atoms with E-state index in [1.165, 1.54) is 10.5 Å². The van der Waals surface area contributed by atoms with Crippen molar-refractivity contribution in [3.63, 3.8) is 0 Å². The Morgan fingerprint density at radius 2 is 2.29 bits per heavy atom. The van der Waals surface area contributed by atoms with Crippen LogP contribution in [-0.4, -0.2) is 18.0 Å². The molecule has 1 aromatic rings. The average molecular weight is 242 g/mol. The number of fused-ring (bicyclic) bond motifs is 2. The molecular weight excluding hydrogens is 228 g/mol. The molecule has 0 spiro atoms. The van der Waals surface area contributed by atoms with E-state index in [9.17, 15) is 0 Å². The maximum atomic E-state index is 6.09. The average Bonchev–Trinajstić information content (AvgIpc) is 2.36. The Morgan fingerprint density at radius 3 is 3.12 bits per heavy atom. The number of nitrogens with zero attached hydrogens (tertiary/aromatic N) is 1. The quantitative estimate of drug-likeness (QED) is 0.710. The van der Waals surface area contributed by atoms with E-state index >= 15 is 0 Å². The minimum Gasteiger partial charge on any atom is -0.398 e. The second-order valence-corrected chi connectivity index (χ2v) is 5.43. The van der Waals surface area contributed by atoms with Crippen molar-refractivity contribution in [2.45, 2.75) is 16.6 Å². The highest BCUT2D eigenvalue weighted by atomic mass is 32.2. The Hall–Kier alpha value is -1.48. The van der Waals surface area contributed by atoms with Crippen molar-refractivity contribution in [1.82, 2.24) is 0 Å². The maximum Gasteiger partial charge on any atom is 0.0718 e. The van der Waals surface area contributed by atoms with Crippen LogP contribution in [0.5, 0.6) is 0 Å². The van der Waals surface area contributed by atoms with E-state index in [4.69, 9.17) is 5.73 Å². The van der Waals surface area contributed by atoms with Crippen LogP contribution in [0.4, 0.5) is 5.69 Å². The molecule has 0 saturated carbocycles. The zero-order valence-corrected chi connectivity index (χ0v) is 10.5. The summed E-state index contributed by atoms with van der Waals surface area (Å²) in [4.78, 5) is 5.71. The summed E-state index contributed by atoms with van der Waals surface area (Å²) in [7, 11) is 1.84. The minimum atomic E-state index is 0.494. The number of thioether (sulfide) groups is 1. The summed E-state index contributed by atoms with van der Waals surface area (Å²) in [5, 5.41) is 0.494. The van der Waals surface area contributed by atoms with Crippen LogP contribution in [0.3, 0.4) is 0 Å². The van der Waals surface area contributed by atoms with Gasteiger partial charge in [0.25, 0.3) is 0 Å². The molecule has 0 amide bonds. The summed E-state index contributed by atoms with van der Waals surface area (Å²) in [5.41, 5.74) is 10.4. The smallest absolute Gasteiger partial charge is 0.0718 e. The Kier molecular flexibility index (Phi) is 2.56. The van der Waals surface area contributed by atoms with Gasteiger partial charge in [0.15, 0.2) is 0 Å². The number of allylic oxidation sites excluding steroid dienone is 3. The van der Waals surface area contributed by atoms with Crippen LogP contribution in [0.15, 0.2) is 51.9 Å². The third-order valence-electron chi connectivity index (χ3n) is 3.17. The van der Waals surface area contributed by atoms with Crippen LogP contribution >= 0.6 is 11.8 Å². The second-order valence-electron chi connectivity index (χ2n) is 4.18. The van der Waals surface area contributed by atoms with Crippen molar-refractivity contribution in [3.05, 3.63) is 47.6 Å². The molecular formula is C14H14N2S. The van der Waals surface area contributed by atoms with E-state index in [-0.39, 0.29) is 0 Å². The monoisotopic (exact) mass is 242 g/mol. The molecule has 1 atom stereocenters. The molecule has 86 valence electrons. The topological polar surface area (TPSA) is 38.4 Å². The van der Waals surface area contributed by atoms with Gasteiger partial charge in [0, 0.05) is 28.4 Å². The van der Waals surface area contributed by atoms with Crippen LogP contribution in [0, 0.1) is 0 Å². The third-order valence-corrected chi connectivity index (χ3v) is 4.50. The van der Waals surface area contributed by atoms with Gasteiger partial charge in [-0.05, 0) is 24.1 Å². The van der Waals surface area contributed by atoms with Gasteiger partial charge in [-0.3, -0.25) is 4.99 Å². The summed E-state index contributed by atoms with van der Waals surface area (Å²) >= 11 is 1.89. The summed E-state index contributed by atoms with van der Waals surface area (Å²) in [6.45, 7) is 0. The summed E-state index contributed by atoms with van der Waals surface area (Å²) in [5.74, 6) is 0. The predicted molar refractivity (Wildman–Crippen MR) is 74.8 cm³/mol. The van der Waals surface area contributed by atoms with Gasteiger partial charge < -0.3 is 5.73 Å². The maximum absolute atomic E-state index is 6.09. The number of benzene rings is 1. The van der Waals surface area contributed by atoms with Gasteiger partial charge >= 0.3 is 0 Å². The van der Waals surface area contributed by atoms with Gasteiger partial charge in [-0.1, -0.05) is 24.3 Å². The van der Waals surface area contributed by atoms with Gasteiger partial charge in [0.05, 0.1) is 5.71 Å². The number of nitrogen functional groups attached to an aromatic ring is 1. The van der Waals surface area contributed by atoms with Gasteiger partial charge in [-0.15, -0.1) is 11.8 Å². The first-order valence-electron chi connectivity index (χ1n) is 5.70. The lowest BCUT2D eigenvalue weighted by Gasteiger charge is -2.30. The highest BCUT2D eigenvalue weighted by Gasteiger charge is 2.30. The zero-order valence-electron chi connectivity index (χ0n) is 9.68. The van der Waals surface area contributed by atoms with E-state index in [0.717, 1.165) is 23.4 Å². The number of anilines is 1. The zero-order chi connectivity index (χ0) is 11.8. The Balaban J connectivity index is 2.23. The van der Waals surface area contributed by atoms with Crippen molar-refractivity contribution in [1.29, 1.82) is 0 Å². The minimum absolute atomic E-state index is 0.494. The van der Waals surface area contributed by atoms with E-state index in [2.05, 4.69) is 29.3 Å². The first-order chi connectivity index (χ1) is 8.31. The van der Waals surface area contributed by atoms with Crippen molar-refractivity contribution < 1.29 is 0 Å². The first kappa shape index (κ1) is 10.7. The van der Waals surface area contributed by atoms with Gasteiger partial charge in [-0.2, -0.15) is 0 Å². The standard InChI is InChI=1S/C14H14N2S/c1-16-14-9-5-2-3-7-11(9)17-12-8-4-6-10(15)13(12)14/h2-6,8,11H,7,15H2,1H3/b16-14-. The molecule has 2 N–H and O–H groups in total. The number of rotatable bonds is 0. The van der Waals surface area contributed by atoms with Crippen LogP contribution in [-0.2, 0) is 0 Å². The highest BCUT2D eigenvalue weighted by Crippen LogP contribution is 2.43. The molecule has 1 aliphatic heterocycles. The normalized spacial score (nSPS) is 24.2. The largest absolute Gasteiger partial charge is 0.398 e. The predicted octanol–water partition coefficient (Wildman–Crippen LogP) is 3.05. The molecule has 3 heteroatoms. The highest BCUT2D eigenvalue weighted by molar-refractivity contribution is 8.00. The Morgan fingerprint density at radius 1 is 1.41 bits per heavy atom. The first-order valence-corrected chi connectivity index (χ1v) is 6.58. The molecule has 0 bridgehead atoms. The fraction of sp³-hybridized carbons (Fsp3) is 0.214. The summed E-state index contributed by atoms with van der Waals surface area (Å²) in [6.07, 6.45) is 7.57. The number of hydrogen-bond donors (Lipinski definition) is 1. The number of aliphatic imine (C=N–C) groups is 1. The van der Waals surface area contributed by atoms with Crippen LogP contribution in [0.2, 0.25) is 0 Å². The van der Waals surface area contributed by atoms with Crippen LogP contribution in [0.1, 0.15) is 12.0 Å². The van der Waals surface area contributed by atoms with Crippen molar-refractivity contribution in [2.75, 3.05) is 12.8 Å². The fourth-order valence-electron chi connectivity index (χ4n) is 2.39. The van der Waals surface area contributed by atoms with E-state index in [0.29, 0.717) is 5.25 Å². The van der Waals surface area contributed by atoms with Crippen molar-refractivity contribution in [3.8, 4) is 0 Å². The van der Waals surface area contributed by atoms with Crippen molar-refractivity contribution in [2.24, 2.45) is 4.99 Å². The van der Waals surface area contributed by atoms with Crippen LogP contribution < -0.4 is 5.73 Å². The lowest BCUT2D eigenvalue weighted by Crippen LogP contribution is -2.24.